The van der Waals surface area contributed by atoms with Gasteiger partial charge in [-0.25, -0.2) is 9.97 Å². The van der Waals surface area contributed by atoms with Gasteiger partial charge in [0.25, 0.3) is 0 Å². The highest BCUT2D eigenvalue weighted by Gasteiger charge is 2.26. The van der Waals surface area contributed by atoms with Gasteiger partial charge in [-0.15, -0.1) is 0 Å². The van der Waals surface area contributed by atoms with E-state index in [1.54, 1.807) is 19.3 Å². The van der Waals surface area contributed by atoms with Crippen molar-refractivity contribution >= 4 is 23.3 Å². The molecular weight excluding hydrogens is 228 g/mol. The molecule has 0 atom stereocenters. The van der Waals surface area contributed by atoms with Gasteiger partial charge in [0.15, 0.2) is 0 Å². The summed E-state index contributed by atoms with van der Waals surface area (Å²) in [6.07, 6.45) is 1.56. The molecule has 0 aliphatic heterocycles. The molecule has 6 heteroatoms. The Morgan fingerprint density at radius 3 is 2.81 bits per heavy atom. The number of aromatic nitrogens is 2. The Labute approximate surface area is 99.6 Å². The first kappa shape index (κ1) is 12.7. The van der Waals surface area contributed by atoms with Crippen molar-refractivity contribution in [3.63, 3.8) is 0 Å². The highest BCUT2D eigenvalue weighted by Crippen LogP contribution is 2.16. The third-order valence-electron chi connectivity index (χ3n) is 2.18. The lowest BCUT2D eigenvalue weighted by Crippen LogP contribution is -2.39. The van der Waals surface area contributed by atoms with Gasteiger partial charge in [-0.2, -0.15) is 0 Å². The van der Waals surface area contributed by atoms with Crippen molar-refractivity contribution in [3.05, 3.63) is 17.5 Å². The van der Waals surface area contributed by atoms with Crippen LogP contribution in [0.25, 0.3) is 0 Å². The second-order valence-electron chi connectivity index (χ2n) is 4.03. The number of rotatable bonds is 4. The highest BCUT2D eigenvalue weighted by molar-refractivity contribution is 6.28. The maximum atomic E-state index is 11.5. The molecule has 16 heavy (non-hydrogen) atoms. The Bertz CT molecular complexity index is 381. The van der Waals surface area contributed by atoms with Gasteiger partial charge in [-0.3, -0.25) is 4.79 Å². The molecule has 0 saturated heterocycles. The van der Waals surface area contributed by atoms with E-state index in [9.17, 15) is 4.79 Å². The average Bonchev–Trinajstić information content (AvgIpc) is 2.25. The molecule has 1 rings (SSSR count). The topological polar surface area (TPSA) is 66.9 Å². The van der Waals surface area contributed by atoms with Crippen molar-refractivity contribution < 1.29 is 4.79 Å². The van der Waals surface area contributed by atoms with E-state index in [0.717, 1.165) is 0 Å². The first-order valence-electron chi connectivity index (χ1n) is 4.90. The molecule has 0 fully saturated rings. The first-order valence-corrected chi connectivity index (χ1v) is 5.28. The Hall–Kier alpha value is -1.36. The zero-order valence-electron chi connectivity index (χ0n) is 9.54. The number of amides is 1. The molecule has 0 spiro atoms. The van der Waals surface area contributed by atoms with Crippen LogP contribution in [0.3, 0.4) is 0 Å². The van der Waals surface area contributed by atoms with Crippen LogP contribution < -0.4 is 10.6 Å². The van der Waals surface area contributed by atoms with Gasteiger partial charge in [-0.05, 0) is 31.5 Å². The van der Waals surface area contributed by atoms with E-state index in [1.165, 1.54) is 0 Å². The standard InChI is InChI=1S/C10H15ClN4O/c1-10(2,8(16)12-3)6-14-7-4-5-13-9(11)15-7/h4-5H,6H2,1-3H3,(H,12,16)(H,13,14,15). The fourth-order valence-corrected chi connectivity index (χ4v) is 1.31. The molecule has 0 aliphatic carbocycles. The maximum Gasteiger partial charge on any atom is 0.227 e. The van der Waals surface area contributed by atoms with Gasteiger partial charge in [0.1, 0.15) is 5.82 Å². The van der Waals surface area contributed by atoms with Crippen LogP contribution in [0, 0.1) is 5.41 Å². The van der Waals surface area contributed by atoms with E-state index in [4.69, 9.17) is 11.6 Å². The SMILES string of the molecule is CNC(=O)C(C)(C)CNc1ccnc(Cl)n1. The second kappa shape index (κ2) is 5.12. The lowest BCUT2D eigenvalue weighted by atomic mass is 9.92. The average molecular weight is 243 g/mol. The molecule has 1 aromatic rings. The summed E-state index contributed by atoms with van der Waals surface area (Å²) >= 11 is 5.64. The van der Waals surface area contributed by atoms with Crippen LogP contribution in [0.15, 0.2) is 12.3 Å². The predicted molar refractivity (Wildman–Crippen MR) is 63.4 cm³/mol. The highest BCUT2D eigenvalue weighted by atomic mass is 35.5. The number of carbonyl (C=O) groups is 1. The minimum Gasteiger partial charge on any atom is -0.369 e. The summed E-state index contributed by atoms with van der Waals surface area (Å²) < 4.78 is 0. The lowest BCUT2D eigenvalue weighted by Gasteiger charge is -2.23. The molecule has 1 aromatic heterocycles. The molecule has 0 saturated carbocycles. The molecule has 2 N–H and O–H groups in total. The zero-order valence-corrected chi connectivity index (χ0v) is 10.3. The van der Waals surface area contributed by atoms with Gasteiger partial charge < -0.3 is 10.6 Å². The molecule has 0 aliphatic rings. The molecule has 1 amide bonds. The number of nitrogens with one attached hydrogen (secondary N) is 2. The third-order valence-corrected chi connectivity index (χ3v) is 2.36. The van der Waals surface area contributed by atoms with Crippen LogP contribution in [0.2, 0.25) is 5.28 Å². The van der Waals surface area contributed by atoms with Gasteiger partial charge in [-0.1, -0.05) is 0 Å². The number of nitrogens with zero attached hydrogens (tertiary/aromatic N) is 2. The van der Waals surface area contributed by atoms with Crippen molar-refractivity contribution in [2.45, 2.75) is 13.8 Å². The maximum absolute atomic E-state index is 11.5. The number of carbonyl (C=O) groups excluding carboxylic acids is 1. The monoisotopic (exact) mass is 242 g/mol. The lowest BCUT2D eigenvalue weighted by molar-refractivity contribution is -0.128. The molecule has 88 valence electrons. The van der Waals surface area contributed by atoms with E-state index in [2.05, 4.69) is 20.6 Å². The molecule has 0 radical (unpaired) electrons. The van der Waals surface area contributed by atoms with Gasteiger partial charge >= 0.3 is 0 Å². The van der Waals surface area contributed by atoms with Crippen LogP contribution in [-0.2, 0) is 4.79 Å². The second-order valence-corrected chi connectivity index (χ2v) is 4.37. The molecule has 5 nitrogen and oxygen atoms in total. The van der Waals surface area contributed by atoms with Crippen molar-refractivity contribution in [2.24, 2.45) is 5.41 Å². The van der Waals surface area contributed by atoms with Gasteiger partial charge in [0.2, 0.25) is 11.2 Å². The fraction of sp³-hybridized carbons (Fsp3) is 0.500. The number of halogens is 1. The Balaban J connectivity index is 2.61. The normalized spacial score (nSPS) is 11.0. The van der Waals surface area contributed by atoms with Crippen molar-refractivity contribution in [1.82, 2.24) is 15.3 Å². The molecule has 0 aromatic carbocycles. The van der Waals surface area contributed by atoms with Gasteiger partial charge in [0, 0.05) is 19.8 Å². The molecule has 0 unspecified atom stereocenters. The Morgan fingerprint density at radius 1 is 1.56 bits per heavy atom. The van der Waals surface area contributed by atoms with Crippen LogP contribution in [0.1, 0.15) is 13.8 Å². The predicted octanol–water partition coefficient (Wildman–Crippen LogP) is 1.31. The van der Waals surface area contributed by atoms with E-state index in [0.29, 0.717) is 12.4 Å². The van der Waals surface area contributed by atoms with Crippen molar-refractivity contribution in [1.29, 1.82) is 0 Å². The van der Waals surface area contributed by atoms with Crippen LogP contribution in [-0.4, -0.2) is 29.5 Å². The minimum atomic E-state index is -0.508. The number of anilines is 1. The Kier molecular flexibility index (Phi) is 4.06. The first-order chi connectivity index (χ1) is 7.45. The summed E-state index contributed by atoms with van der Waals surface area (Å²) in [6.45, 7) is 4.17. The quantitative estimate of drug-likeness (QED) is 0.782. The van der Waals surface area contributed by atoms with E-state index in [1.807, 2.05) is 13.8 Å². The fourth-order valence-electron chi connectivity index (χ4n) is 1.16. The summed E-state index contributed by atoms with van der Waals surface area (Å²) in [5.74, 6) is 0.581. The Morgan fingerprint density at radius 2 is 2.25 bits per heavy atom. The van der Waals surface area contributed by atoms with Crippen LogP contribution in [0.5, 0.6) is 0 Å². The largest absolute Gasteiger partial charge is 0.369 e. The number of hydrogen-bond donors (Lipinski definition) is 2. The van der Waals surface area contributed by atoms with E-state index >= 15 is 0 Å². The molecule has 0 bridgehead atoms. The van der Waals surface area contributed by atoms with Crippen LogP contribution in [0.4, 0.5) is 5.82 Å². The third kappa shape index (κ3) is 3.34. The number of hydrogen-bond acceptors (Lipinski definition) is 4. The summed E-state index contributed by atoms with van der Waals surface area (Å²) in [6, 6.07) is 1.70. The van der Waals surface area contributed by atoms with E-state index < -0.39 is 5.41 Å². The van der Waals surface area contributed by atoms with Crippen molar-refractivity contribution in [2.75, 3.05) is 18.9 Å². The zero-order chi connectivity index (χ0) is 12.2. The summed E-state index contributed by atoms with van der Waals surface area (Å²) in [4.78, 5) is 19.3. The van der Waals surface area contributed by atoms with E-state index in [-0.39, 0.29) is 11.2 Å². The molecule has 1 heterocycles. The van der Waals surface area contributed by atoms with Crippen LogP contribution >= 0.6 is 11.6 Å². The molecular formula is C10H15ClN4O. The smallest absolute Gasteiger partial charge is 0.227 e. The summed E-state index contributed by atoms with van der Waals surface area (Å²) in [5, 5.41) is 5.84. The van der Waals surface area contributed by atoms with Crippen molar-refractivity contribution in [3.8, 4) is 0 Å². The summed E-state index contributed by atoms with van der Waals surface area (Å²) in [7, 11) is 1.62. The summed E-state index contributed by atoms with van der Waals surface area (Å²) in [5.41, 5.74) is -0.508. The van der Waals surface area contributed by atoms with Gasteiger partial charge in [0.05, 0.1) is 5.41 Å². The minimum absolute atomic E-state index is 0.0276.